The lowest BCUT2D eigenvalue weighted by molar-refractivity contribution is 0.197. The quantitative estimate of drug-likeness (QED) is 0.174. The minimum atomic E-state index is -3.76. The molecular weight excluding hydrogens is 522 g/mol. The molecule has 0 unspecified atom stereocenters. The summed E-state index contributed by atoms with van der Waals surface area (Å²) in [5.41, 5.74) is 2.00. The van der Waals surface area contributed by atoms with Crippen LogP contribution in [0.4, 0.5) is 0 Å². The van der Waals surface area contributed by atoms with Gasteiger partial charge in [-0.05, 0) is 63.1 Å². The maximum atomic E-state index is 14.2. The van der Waals surface area contributed by atoms with E-state index in [9.17, 15) is 9.13 Å². The highest BCUT2D eigenvalue weighted by Gasteiger charge is 2.55. The topological polar surface area (TPSA) is 95.1 Å². The van der Waals surface area contributed by atoms with Crippen LogP contribution < -0.4 is 10.6 Å². The maximum absolute atomic E-state index is 14.2. The molecule has 1 aliphatic carbocycles. The Hall–Kier alpha value is -1.86. The van der Waals surface area contributed by atoms with Crippen LogP contribution in [0.15, 0.2) is 85.0 Å². The molecule has 0 aromatic heterocycles. The van der Waals surface area contributed by atoms with Crippen molar-refractivity contribution in [3.63, 3.8) is 0 Å². The van der Waals surface area contributed by atoms with Crippen LogP contribution in [0.25, 0.3) is 0 Å². The third-order valence-corrected chi connectivity index (χ3v) is 11.2. The maximum Gasteiger partial charge on any atom is 0.358 e. The second kappa shape index (κ2) is 14.0. The first-order valence-electron chi connectivity index (χ1n) is 13.1. The summed E-state index contributed by atoms with van der Waals surface area (Å²) in [5, 5.41) is 4.19. The second-order valence-corrected chi connectivity index (χ2v) is 13.2. The molecule has 208 valence electrons. The van der Waals surface area contributed by atoms with Gasteiger partial charge in [0.25, 0.3) is 0 Å². The molecule has 2 N–H and O–H groups in total. The molecule has 2 aromatic carbocycles. The zero-order valence-electron chi connectivity index (χ0n) is 22.7. The van der Waals surface area contributed by atoms with Crippen LogP contribution in [-0.4, -0.2) is 37.0 Å². The molecule has 0 fully saturated rings. The van der Waals surface area contributed by atoms with Gasteiger partial charge in [-0.25, -0.2) is 0 Å². The summed E-state index contributed by atoms with van der Waals surface area (Å²) in [6.07, 6.45) is 6.85. The third kappa shape index (κ3) is 6.82. The van der Waals surface area contributed by atoms with Gasteiger partial charge < -0.3 is 18.1 Å². The van der Waals surface area contributed by atoms with Crippen LogP contribution in [0.3, 0.4) is 0 Å². The van der Waals surface area contributed by atoms with Crippen molar-refractivity contribution in [2.45, 2.75) is 51.3 Å². The molecule has 0 bridgehead atoms. The van der Waals surface area contributed by atoms with Crippen LogP contribution >= 0.6 is 15.2 Å². The van der Waals surface area contributed by atoms with Gasteiger partial charge in [0.05, 0.1) is 26.4 Å². The average molecular weight is 563 g/mol. The van der Waals surface area contributed by atoms with E-state index in [1.165, 1.54) is 0 Å². The van der Waals surface area contributed by atoms with E-state index >= 15 is 0 Å². The van der Waals surface area contributed by atoms with Crippen molar-refractivity contribution in [1.82, 2.24) is 10.6 Å². The molecule has 2 aromatic rings. The number of rotatable bonds is 16. The normalized spacial score (nSPS) is 21.6. The van der Waals surface area contributed by atoms with Gasteiger partial charge in [-0.1, -0.05) is 60.7 Å². The first-order valence-corrected chi connectivity index (χ1v) is 16.2. The summed E-state index contributed by atoms with van der Waals surface area (Å²) in [7, 11) is -7.53. The van der Waals surface area contributed by atoms with Crippen molar-refractivity contribution >= 4 is 15.2 Å². The Kier molecular flexibility index (Phi) is 11.3. The van der Waals surface area contributed by atoms with Crippen molar-refractivity contribution in [3.05, 3.63) is 96.1 Å². The fourth-order valence-electron chi connectivity index (χ4n) is 4.27. The predicted molar refractivity (Wildman–Crippen MR) is 152 cm³/mol. The fraction of sp³-hybridized carbons (Fsp3) is 0.429. The molecule has 0 atom stereocenters. The Morgan fingerprint density at radius 1 is 0.553 bits per heavy atom. The van der Waals surface area contributed by atoms with Crippen molar-refractivity contribution in [3.8, 4) is 0 Å². The molecule has 38 heavy (non-hydrogen) atoms. The van der Waals surface area contributed by atoms with Crippen LogP contribution in [0.1, 0.15) is 38.8 Å². The molecule has 0 amide bonds. The Balaban J connectivity index is 2.07. The summed E-state index contributed by atoms with van der Waals surface area (Å²) >= 11 is 0. The zero-order chi connectivity index (χ0) is 27.5. The molecule has 3 rings (SSSR count). The number of benzene rings is 2. The van der Waals surface area contributed by atoms with E-state index in [0.717, 1.165) is 11.1 Å². The van der Waals surface area contributed by atoms with Crippen LogP contribution in [0, 0.1) is 0 Å². The van der Waals surface area contributed by atoms with Crippen LogP contribution in [0.5, 0.6) is 0 Å². The molecule has 0 spiro atoms. The molecule has 0 saturated heterocycles. The molecule has 1 aliphatic rings. The molecule has 0 radical (unpaired) electrons. The van der Waals surface area contributed by atoms with Crippen molar-refractivity contribution < 1.29 is 27.2 Å². The SMILES string of the molecule is CCOP(=O)(OCC)C1(NCc2ccccc2)C=CC(NCc2ccccc2)(P(=O)(OCC)OCC)C=C1. The first-order chi connectivity index (χ1) is 18.3. The van der Waals surface area contributed by atoms with E-state index in [4.69, 9.17) is 18.1 Å². The second-order valence-electron chi connectivity index (χ2n) is 8.66. The lowest BCUT2D eigenvalue weighted by Crippen LogP contribution is -2.49. The minimum Gasteiger partial charge on any atom is -0.307 e. The highest BCUT2D eigenvalue weighted by Crippen LogP contribution is 2.65. The Morgan fingerprint density at radius 2 is 0.842 bits per heavy atom. The zero-order valence-corrected chi connectivity index (χ0v) is 24.5. The summed E-state index contributed by atoms with van der Waals surface area (Å²) in [6.45, 7) is 8.69. The predicted octanol–water partition coefficient (Wildman–Crippen LogP) is 6.62. The van der Waals surface area contributed by atoms with E-state index in [1.54, 1.807) is 52.0 Å². The molecule has 0 heterocycles. The smallest absolute Gasteiger partial charge is 0.307 e. The van der Waals surface area contributed by atoms with Gasteiger partial charge in [-0.3, -0.25) is 19.8 Å². The monoisotopic (exact) mass is 562 g/mol. The van der Waals surface area contributed by atoms with E-state index in [0.29, 0.717) is 13.1 Å². The van der Waals surface area contributed by atoms with Crippen molar-refractivity contribution in [2.75, 3.05) is 26.4 Å². The van der Waals surface area contributed by atoms with Crippen LogP contribution in [0.2, 0.25) is 0 Å². The standard InChI is InChI=1S/C28H40N2O6P2/c1-5-33-37(31,34-6-2)27(29-23-25-15-11-9-12-16-25)19-21-28(22-20-27,38(32,35-7-3)36-8-4)30-24-26-17-13-10-14-18-26/h9-22,29-30H,5-8,23-24H2,1-4H3. The van der Waals surface area contributed by atoms with Gasteiger partial charge >= 0.3 is 15.2 Å². The number of hydrogen-bond acceptors (Lipinski definition) is 8. The highest BCUT2D eigenvalue weighted by atomic mass is 31.2. The van der Waals surface area contributed by atoms with Gasteiger partial charge in [0.2, 0.25) is 0 Å². The Morgan fingerprint density at radius 3 is 1.11 bits per heavy atom. The molecule has 0 aliphatic heterocycles. The first kappa shape index (κ1) is 30.7. The van der Waals surface area contributed by atoms with Gasteiger partial charge in [-0.2, -0.15) is 0 Å². The van der Waals surface area contributed by atoms with Crippen LogP contribution in [-0.2, 0) is 40.3 Å². The molecule has 8 nitrogen and oxygen atoms in total. The Bertz CT molecular complexity index is 1030. The minimum absolute atomic E-state index is 0.196. The summed E-state index contributed by atoms with van der Waals surface area (Å²) in [6, 6.07) is 19.6. The number of hydrogen-bond donors (Lipinski definition) is 2. The number of nitrogens with one attached hydrogen (secondary N) is 2. The van der Waals surface area contributed by atoms with Gasteiger partial charge in [-0.15, -0.1) is 0 Å². The van der Waals surface area contributed by atoms with Crippen molar-refractivity contribution in [1.29, 1.82) is 0 Å². The van der Waals surface area contributed by atoms with E-state index in [1.807, 2.05) is 60.7 Å². The molecular formula is C28H40N2O6P2. The van der Waals surface area contributed by atoms with Crippen molar-refractivity contribution in [2.24, 2.45) is 0 Å². The van der Waals surface area contributed by atoms with Gasteiger partial charge in [0.1, 0.15) is 0 Å². The Labute approximate surface area is 226 Å². The average Bonchev–Trinajstić information content (AvgIpc) is 2.93. The highest BCUT2D eigenvalue weighted by molar-refractivity contribution is 7.56. The summed E-state index contributed by atoms with van der Waals surface area (Å²) in [5.74, 6) is 0. The van der Waals surface area contributed by atoms with E-state index < -0.39 is 25.8 Å². The lowest BCUT2D eigenvalue weighted by atomic mass is 10.0. The summed E-state index contributed by atoms with van der Waals surface area (Å²) in [4.78, 5) is 0. The summed E-state index contributed by atoms with van der Waals surface area (Å²) < 4.78 is 51.7. The van der Waals surface area contributed by atoms with Gasteiger partial charge in [0.15, 0.2) is 10.6 Å². The van der Waals surface area contributed by atoms with Gasteiger partial charge in [0, 0.05) is 13.1 Å². The largest absolute Gasteiger partial charge is 0.358 e. The van der Waals surface area contributed by atoms with E-state index in [2.05, 4.69) is 10.6 Å². The fourth-order valence-corrected chi connectivity index (χ4v) is 8.21. The third-order valence-electron chi connectivity index (χ3n) is 6.12. The molecule has 0 saturated carbocycles. The lowest BCUT2D eigenvalue weighted by Gasteiger charge is -2.42. The van der Waals surface area contributed by atoms with E-state index in [-0.39, 0.29) is 26.4 Å². The molecule has 10 heteroatoms.